The normalized spacial score (nSPS) is 20.9. The van der Waals surface area contributed by atoms with E-state index in [4.69, 9.17) is 4.98 Å². The van der Waals surface area contributed by atoms with Crippen molar-refractivity contribution in [1.29, 1.82) is 0 Å². The van der Waals surface area contributed by atoms with Gasteiger partial charge in [0.2, 0.25) is 0 Å². The van der Waals surface area contributed by atoms with Crippen LogP contribution in [-0.2, 0) is 0 Å². The third kappa shape index (κ3) is 3.34. The number of hydrogen-bond acceptors (Lipinski definition) is 5. The van der Waals surface area contributed by atoms with E-state index in [-0.39, 0.29) is 17.2 Å². The van der Waals surface area contributed by atoms with E-state index >= 15 is 0 Å². The summed E-state index contributed by atoms with van der Waals surface area (Å²) in [6.07, 6.45) is 6.55. The lowest BCUT2D eigenvalue weighted by molar-refractivity contribution is 0.0698. The third-order valence-electron chi connectivity index (χ3n) is 6.58. The molecule has 2 N–H and O–H groups in total. The number of pyridine rings is 1. The van der Waals surface area contributed by atoms with Crippen LogP contribution in [0.15, 0.2) is 47.4 Å². The van der Waals surface area contributed by atoms with Gasteiger partial charge in [-0.05, 0) is 63.3 Å². The summed E-state index contributed by atoms with van der Waals surface area (Å²) in [6.45, 7) is 3.91. The fourth-order valence-electron chi connectivity index (χ4n) is 5.09. The van der Waals surface area contributed by atoms with Crippen molar-refractivity contribution in [3.63, 3.8) is 0 Å². The van der Waals surface area contributed by atoms with E-state index in [0.29, 0.717) is 23.4 Å². The average molecular weight is 418 g/mol. The Balaban J connectivity index is 1.58. The fraction of sp³-hybridized carbons (Fsp3) is 0.375. The van der Waals surface area contributed by atoms with Crippen LogP contribution < -0.4 is 15.8 Å². The molecule has 4 heterocycles. The van der Waals surface area contributed by atoms with Crippen molar-refractivity contribution < 1.29 is 9.90 Å². The van der Waals surface area contributed by atoms with Gasteiger partial charge < -0.3 is 15.3 Å². The van der Waals surface area contributed by atoms with Crippen LogP contribution in [0.3, 0.4) is 0 Å². The number of nitrogens with zero attached hydrogens (tertiary/aromatic N) is 3. The summed E-state index contributed by atoms with van der Waals surface area (Å²) >= 11 is 0. The molecular formula is C24H26N4O3. The van der Waals surface area contributed by atoms with Crippen molar-refractivity contribution >= 4 is 23.1 Å². The summed E-state index contributed by atoms with van der Waals surface area (Å²) in [6, 6.07) is 11.2. The highest BCUT2D eigenvalue weighted by Crippen LogP contribution is 2.40. The topological polar surface area (TPSA) is 86.9 Å². The molecule has 160 valence electrons. The molecule has 2 aromatic heterocycles. The molecule has 2 aliphatic rings. The van der Waals surface area contributed by atoms with Gasteiger partial charge >= 0.3 is 5.97 Å². The Morgan fingerprint density at radius 3 is 2.68 bits per heavy atom. The lowest BCUT2D eigenvalue weighted by atomic mass is 9.80. The van der Waals surface area contributed by atoms with Crippen molar-refractivity contribution in [3.8, 4) is 0 Å². The molecule has 7 heteroatoms. The van der Waals surface area contributed by atoms with E-state index in [1.165, 1.54) is 12.8 Å². The van der Waals surface area contributed by atoms with Gasteiger partial charge in [0.05, 0.1) is 11.6 Å². The van der Waals surface area contributed by atoms with Crippen molar-refractivity contribution in [2.45, 2.75) is 57.7 Å². The minimum Gasteiger partial charge on any atom is -0.478 e. The number of aromatic nitrogens is 2. The highest BCUT2D eigenvalue weighted by atomic mass is 16.4. The first-order valence-electron chi connectivity index (χ1n) is 10.8. The number of benzene rings is 1. The van der Waals surface area contributed by atoms with Gasteiger partial charge in [0.15, 0.2) is 0 Å². The lowest BCUT2D eigenvalue weighted by Gasteiger charge is -2.53. The van der Waals surface area contributed by atoms with Gasteiger partial charge in [-0.15, -0.1) is 0 Å². The van der Waals surface area contributed by atoms with Gasteiger partial charge in [0, 0.05) is 35.6 Å². The summed E-state index contributed by atoms with van der Waals surface area (Å²) in [5, 5.41) is 12.8. The number of carboxylic acid groups (broad SMARTS) is 1. The molecule has 0 saturated carbocycles. The predicted molar refractivity (Wildman–Crippen MR) is 120 cm³/mol. The highest BCUT2D eigenvalue weighted by Gasteiger charge is 2.42. The molecule has 5 rings (SSSR count). The quantitative estimate of drug-likeness (QED) is 0.651. The first-order valence-corrected chi connectivity index (χ1v) is 10.8. The number of nitrogens with one attached hydrogen (secondary N) is 1. The van der Waals surface area contributed by atoms with Crippen molar-refractivity contribution in [2.75, 3.05) is 10.2 Å². The fourth-order valence-corrected chi connectivity index (χ4v) is 5.09. The number of fused-ring (bicyclic) bond motifs is 3. The van der Waals surface area contributed by atoms with Crippen LogP contribution in [0, 0.1) is 6.92 Å². The van der Waals surface area contributed by atoms with Crippen molar-refractivity contribution in [3.05, 3.63) is 69.6 Å². The largest absolute Gasteiger partial charge is 0.478 e. The highest BCUT2D eigenvalue weighted by molar-refractivity contribution is 5.94. The van der Waals surface area contributed by atoms with E-state index in [1.54, 1.807) is 34.7 Å². The SMILES string of the molecule is Cc1cc([C@H](C)Nc2ccccc2C(=O)O)c2nc(N3C4CCCC3C4)cc(=O)n2c1. The first-order chi connectivity index (χ1) is 14.9. The number of hydrogen-bond donors (Lipinski definition) is 2. The van der Waals surface area contributed by atoms with Gasteiger partial charge in [-0.25, -0.2) is 9.78 Å². The van der Waals surface area contributed by atoms with E-state index < -0.39 is 5.97 Å². The van der Waals surface area contributed by atoms with Crippen LogP contribution in [0.1, 0.15) is 60.1 Å². The van der Waals surface area contributed by atoms with Crippen LogP contribution in [-0.4, -0.2) is 32.5 Å². The van der Waals surface area contributed by atoms with Crippen LogP contribution >= 0.6 is 0 Å². The van der Waals surface area contributed by atoms with E-state index in [0.717, 1.165) is 29.8 Å². The Hall–Kier alpha value is -3.35. The Morgan fingerprint density at radius 2 is 1.97 bits per heavy atom. The second kappa shape index (κ2) is 7.41. The Labute approximate surface area is 180 Å². The molecule has 1 aromatic carbocycles. The number of carboxylic acids is 1. The Kier molecular flexibility index (Phi) is 4.68. The van der Waals surface area contributed by atoms with Gasteiger partial charge in [-0.1, -0.05) is 12.1 Å². The molecule has 2 aliphatic heterocycles. The van der Waals surface area contributed by atoms with Crippen molar-refractivity contribution in [2.24, 2.45) is 0 Å². The van der Waals surface area contributed by atoms with Crippen LogP contribution in [0.4, 0.5) is 11.5 Å². The smallest absolute Gasteiger partial charge is 0.337 e. The number of carbonyl (C=O) groups is 1. The van der Waals surface area contributed by atoms with Crippen LogP contribution in [0.2, 0.25) is 0 Å². The molecule has 2 unspecified atom stereocenters. The van der Waals surface area contributed by atoms with E-state index in [1.807, 2.05) is 26.1 Å². The molecule has 0 amide bonds. The zero-order valence-corrected chi connectivity index (χ0v) is 17.7. The molecule has 0 radical (unpaired) electrons. The third-order valence-corrected chi connectivity index (χ3v) is 6.58. The molecule has 0 spiro atoms. The number of rotatable bonds is 5. The molecule has 3 atom stereocenters. The molecule has 31 heavy (non-hydrogen) atoms. The Morgan fingerprint density at radius 1 is 1.23 bits per heavy atom. The number of para-hydroxylation sites is 1. The summed E-state index contributed by atoms with van der Waals surface area (Å²) in [4.78, 5) is 31.8. The molecule has 2 saturated heterocycles. The van der Waals surface area contributed by atoms with Gasteiger partial charge in [0.25, 0.3) is 5.56 Å². The summed E-state index contributed by atoms with van der Waals surface area (Å²) in [7, 11) is 0. The van der Waals surface area contributed by atoms with Gasteiger partial charge in [-0.2, -0.15) is 0 Å². The molecule has 0 aliphatic carbocycles. The van der Waals surface area contributed by atoms with Gasteiger partial charge in [-0.3, -0.25) is 9.20 Å². The minimum absolute atomic E-state index is 0.0898. The molecule has 3 aromatic rings. The number of anilines is 2. The second-order valence-electron chi connectivity index (χ2n) is 8.72. The summed E-state index contributed by atoms with van der Waals surface area (Å²) in [5.41, 5.74) is 3.09. The predicted octanol–water partition coefficient (Wildman–Crippen LogP) is 4.01. The maximum absolute atomic E-state index is 13.0. The number of aromatic carboxylic acids is 1. The Bertz CT molecular complexity index is 1220. The summed E-state index contributed by atoms with van der Waals surface area (Å²) < 4.78 is 1.60. The van der Waals surface area contributed by atoms with Crippen molar-refractivity contribution in [1.82, 2.24) is 9.38 Å². The molecule has 2 bridgehead atoms. The zero-order valence-electron chi connectivity index (χ0n) is 17.7. The average Bonchev–Trinajstić information content (AvgIpc) is 2.74. The first kappa shape index (κ1) is 19.6. The van der Waals surface area contributed by atoms with Crippen LogP contribution in [0.25, 0.3) is 5.65 Å². The number of piperidine rings is 1. The zero-order chi connectivity index (χ0) is 21.7. The summed E-state index contributed by atoms with van der Waals surface area (Å²) in [5.74, 6) is -0.223. The van der Waals surface area contributed by atoms with E-state index in [9.17, 15) is 14.7 Å². The monoisotopic (exact) mass is 418 g/mol. The molecular weight excluding hydrogens is 392 g/mol. The maximum atomic E-state index is 13.0. The van der Waals surface area contributed by atoms with Gasteiger partial charge in [0.1, 0.15) is 11.5 Å². The lowest BCUT2D eigenvalue weighted by Crippen LogP contribution is -2.59. The molecule has 2 fully saturated rings. The second-order valence-corrected chi connectivity index (χ2v) is 8.72. The molecule has 7 nitrogen and oxygen atoms in total. The van der Waals surface area contributed by atoms with Crippen LogP contribution in [0.5, 0.6) is 0 Å². The number of aryl methyl sites for hydroxylation is 1. The standard InChI is InChI=1S/C24H26N4O3/c1-14-10-19(15(2)25-20-9-4-3-8-18(20)24(30)31)23-26-21(12-22(29)27(23)13-14)28-16-6-5-7-17(28)11-16/h3-4,8-10,12-13,15-17,25H,5-7,11H2,1-2H3,(H,30,31)/t15-,16?,17?/m0/s1. The minimum atomic E-state index is -0.981. The van der Waals surface area contributed by atoms with E-state index in [2.05, 4.69) is 10.2 Å². The maximum Gasteiger partial charge on any atom is 0.337 e.